The highest BCUT2D eigenvalue weighted by atomic mass is 79.9. The Balaban J connectivity index is 1.18. The molecule has 14 heteroatoms. The fourth-order valence-corrected chi connectivity index (χ4v) is 7.44. The first kappa shape index (κ1) is 31.3. The Morgan fingerprint density at radius 2 is 1.33 bits per heavy atom. The summed E-state index contributed by atoms with van der Waals surface area (Å²) in [5, 5.41) is 8.20. The second-order valence-electron chi connectivity index (χ2n) is 12.2. The maximum atomic E-state index is 14.7. The number of benzene rings is 1. The van der Waals surface area contributed by atoms with Crippen LogP contribution in [0.2, 0.25) is 0 Å². The van der Waals surface area contributed by atoms with Crippen molar-refractivity contribution in [2.75, 3.05) is 31.2 Å². The summed E-state index contributed by atoms with van der Waals surface area (Å²) >= 11 is 3.29. The van der Waals surface area contributed by atoms with Crippen LogP contribution in [0.25, 0.3) is 11.3 Å². The number of carbonyl (C=O) groups excluding carboxylic acids is 4. The van der Waals surface area contributed by atoms with Crippen LogP contribution >= 0.6 is 15.9 Å². The number of ether oxygens (including phenoxy) is 2. The van der Waals surface area contributed by atoms with Crippen molar-refractivity contribution in [2.45, 2.75) is 76.3 Å². The molecule has 1 aromatic carbocycles. The van der Waals surface area contributed by atoms with Crippen LogP contribution in [-0.4, -0.2) is 87.4 Å². The van der Waals surface area contributed by atoms with Crippen molar-refractivity contribution in [3.8, 4) is 11.3 Å². The van der Waals surface area contributed by atoms with Crippen LogP contribution in [0.1, 0.15) is 64.2 Å². The number of amides is 4. The Hall–Kier alpha value is -3.68. The average molecular weight is 688 g/mol. The summed E-state index contributed by atoms with van der Waals surface area (Å²) in [6.45, 7) is 1.96. The maximum Gasteiger partial charge on any atom is 0.410 e. The molecule has 3 heterocycles. The first-order valence-corrected chi connectivity index (χ1v) is 16.5. The number of halogens is 2. The number of hydrogen-bond donors (Lipinski definition) is 0. The Kier molecular flexibility index (Phi) is 9.57. The van der Waals surface area contributed by atoms with Crippen LogP contribution < -0.4 is 4.90 Å². The number of rotatable bonds is 8. The van der Waals surface area contributed by atoms with E-state index in [-0.39, 0.29) is 70.8 Å². The van der Waals surface area contributed by atoms with Gasteiger partial charge in [0.15, 0.2) is 4.60 Å². The van der Waals surface area contributed by atoms with Crippen molar-refractivity contribution in [3.05, 3.63) is 34.7 Å². The first-order chi connectivity index (χ1) is 21.8. The molecular weight excluding hydrogens is 651 g/mol. The predicted octanol–water partition coefficient (Wildman–Crippen LogP) is 5.10. The summed E-state index contributed by atoms with van der Waals surface area (Å²) in [7, 11) is 0. The molecule has 240 valence electrons. The predicted molar refractivity (Wildman–Crippen MR) is 162 cm³/mol. The molecule has 2 aliphatic carbocycles. The third kappa shape index (κ3) is 6.95. The molecule has 0 radical (unpaired) electrons. The molecule has 0 bridgehead atoms. The largest absolute Gasteiger partial charge is 0.448 e. The van der Waals surface area contributed by atoms with Crippen LogP contribution in [-0.2, 0) is 19.1 Å². The molecular formula is C31H36BrFN6O6. The zero-order valence-electron chi connectivity index (χ0n) is 24.9. The normalized spacial score (nSPS) is 25.2. The van der Waals surface area contributed by atoms with Gasteiger partial charge >= 0.3 is 12.2 Å². The van der Waals surface area contributed by atoms with Crippen LogP contribution in [0.3, 0.4) is 0 Å². The van der Waals surface area contributed by atoms with Crippen LogP contribution in [0, 0.1) is 17.7 Å². The van der Waals surface area contributed by atoms with Crippen LogP contribution in [0.5, 0.6) is 0 Å². The van der Waals surface area contributed by atoms with Crippen LogP contribution in [0.4, 0.5) is 19.9 Å². The average Bonchev–Trinajstić information content (AvgIpc) is 3.67. The highest BCUT2D eigenvalue weighted by Crippen LogP contribution is 2.35. The maximum absolute atomic E-state index is 14.7. The Morgan fingerprint density at radius 3 is 1.80 bits per heavy atom. The summed E-state index contributed by atoms with van der Waals surface area (Å²) in [5.41, 5.74) is 0.303. The number of nitrogens with zero attached hydrogens (tertiary/aromatic N) is 6. The fraction of sp³-hybridized carbons (Fsp3) is 0.581. The van der Waals surface area contributed by atoms with E-state index in [4.69, 9.17) is 9.47 Å². The van der Waals surface area contributed by atoms with Crippen molar-refractivity contribution in [1.29, 1.82) is 0 Å². The van der Waals surface area contributed by atoms with E-state index in [2.05, 4.69) is 31.1 Å². The molecule has 45 heavy (non-hydrogen) atoms. The van der Waals surface area contributed by atoms with E-state index in [1.54, 1.807) is 28.0 Å². The molecule has 2 saturated carbocycles. The second-order valence-corrected chi connectivity index (χ2v) is 13.0. The van der Waals surface area contributed by atoms with Gasteiger partial charge in [0.25, 0.3) is 5.95 Å². The molecule has 2 saturated heterocycles. The van der Waals surface area contributed by atoms with Crippen molar-refractivity contribution in [3.63, 3.8) is 0 Å². The molecule has 1 aromatic heterocycles. The Labute approximate surface area is 268 Å². The number of carbonyl (C=O) groups is 4. The van der Waals surface area contributed by atoms with Crippen molar-refractivity contribution in [1.82, 2.24) is 25.0 Å². The lowest BCUT2D eigenvalue weighted by Crippen LogP contribution is -2.43. The van der Waals surface area contributed by atoms with E-state index in [0.29, 0.717) is 26.3 Å². The van der Waals surface area contributed by atoms with E-state index >= 15 is 0 Å². The van der Waals surface area contributed by atoms with Gasteiger partial charge in [-0.1, -0.05) is 12.1 Å². The van der Waals surface area contributed by atoms with Crippen molar-refractivity contribution in [2.24, 2.45) is 11.8 Å². The van der Waals surface area contributed by atoms with E-state index in [9.17, 15) is 23.6 Å². The number of aromatic nitrogens is 3. The summed E-state index contributed by atoms with van der Waals surface area (Å²) in [6, 6.07) is 6.24. The summed E-state index contributed by atoms with van der Waals surface area (Å²) in [4.78, 5) is 60.9. The van der Waals surface area contributed by atoms with Gasteiger partial charge in [-0.15, -0.1) is 10.2 Å². The van der Waals surface area contributed by atoms with Gasteiger partial charge in [-0.25, -0.2) is 23.9 Å². The second kappa shape index (κ2) is 13.8. The number of hydrogen-bond acceptors (Lipinski definition) is 9. The van der Waals surface area contributed by atoms with E-state index in [0.717, 1.165) is 56.3 Å². The fourth-order valence-electron chi connectivity index (χ4n) is 7.06. The Morgan fingerprint density at radius 1 is 0.822 bits per heavy atom. The molecule has 0 atom stereocenters. The minimum absolute atomic E-state index is 0.0211. The molecule has 4 amide bonds. The molecule has 6 rings (SSSR count). The summed E-state index contributed by atoms with van der Waals surface area (Å²) in [5.74, 6) is -1.53. The van der Waals surface area contributed by atoms with Crippen molar-refractivity contribution < 1.29 is 33.0 Å². The molecule has 2 aliphatic heterocycles. The van der Waals surface area contributed by atoms with Gasteiger partial charge in [0.1, 0.15) is 24.7 Å². The Bertz CT molecular complexity index is 1390. The first-order valence-electron chi connectivity index (χ1n) is 15.7. The number of cyclic esters (lactones) is 2. The topological polar surface area (TPSA) is 135 Å². The molecule has 0 unspecified atom stereocenters. The molecule has 4 fully saturated rings. The van der Waals surface area contributed by atoms with Gasteiger partial charge in [0.2, 0.25) is 11.8 Å². The lowest BCUT2D eigenvalue weighted by molar-refractivity contribution is -0.128. The highest BCUT2D eigenvalue weighted by Gasteiger charge is 2.37. The van der Waals surface area contributed by atoms with E-state index in [1.165, 1.54) is 6.07 Å². The van der Waals surface area contributed by atoms with Crippen molar-refractivity contribution >= 4 is 45.9 Å². The van der Waals surface area contributed by atoms with Gasteiger partial charge in [0.05, 0.1) is 13.1 Å². The van der Waals surface area contributed by atoms with Gasteiger partial charge in [-0.05, 0) is 91.3 Å². The molecule has 4 aliphatic rings. The number of anilines is 1. The van der Waals surface area contributed by atoms with Gasteiger partial charge < -0.3 is 19.3 Å². The minimum atomic E-state index is -0.522. The monoisotopic (exact) mass is 686 g/mol. The van der Waals surface area contributed by atoms with Gasteiger partial charge in [-0.3, -0.25) is 9.59 Å². The standard InChI is InChI=1S/C31H36BrFN6O6/c32-28-27(23-3-1-2-4-24(23)33)34-29(36-35-28)39(25(40)17-19-5-9-21(10-6-19)37-13-15-44-30(37)42)26(41)18-20-7-11-22(12-8-20)38-14-16-45-31(38)43/h1-4,19-22H,5-18H2. The smallest absolute Gasteiger partial charge is 0.410 e. The van der Waals surface area contributed by atoms with E-state index in [1.807, 2.05) is 0 Å². The van der Waals surface area contributed by atoms with Crippen LogP contribution in [0.15, 0.2) is 28.9 Å². The summed E-state index contributed by atoms with van der Waals surface area (Å²) in [6.07, 6.45) is 5.57. The van der Waals surface area contributed by atoms with Gasteiger partial charge in [0, 0.05) is 30.5 Å². The zero-order chi connectivity index (χ0) is 31.5. The number of imide groups is 1. The molecule has 2 aromatic rings. The third-order valence-corrected chi connectivity index (χ3v) is 10.0. The SMILES string of the molecule is O=C(CC1CCC(N2CCOC2=O)CC1)N(C(=O)CC1CCC(N2CCOC2=O)CC1)c1nnc(Br)c(-c2ccccc2F)n1. The molecule has 12 nitrogen and oxygen atoms in total. The molecule has 0 N–H and O–H groups in total. The molecule has 0 spiro atoms. The van der Waals surface area contributed by atoms with E-state index < -0.39 is 17.6 Å². The van der Waals surface area contributed by atoms with Gasteiger partial charge in [-0.2, -0.15) is 0 Å². The summed E-state index contributed by atoms with van der Waals surface area (Å²) < 4.78 is 25.1. The highest BCUT2D eigenvalue weighted by molar-refractivity contribution is 9.10. The quantitative estimate of drug-likeness (QED) is 0.372. The minimum Gasteiger partial charge on any atom is -0.448 e. The third-order valence-electron chi connectivity index (χ3n) is 9.49. The lowest BCUT2D eigenvalue weighted by Gasteiger charge is -2.34. The lowest BCUT2D eigenvalue weighted by atomic mass is 9.82. The zero-order valence-corrected chi connectivity index (χ0v) is 26.5.